The maximum Gasteiger partial charge on any atom is 0.251 e. The Labute approximate surface area is 115 Å². The molecule has 0 atom stereocenters. The Morgan fingerprint density at radius 1 is 1.28 bits per heavy atom. The van der Waals surface area contributed by atoms with E-state index in [0.717, 1.165) is 11.4 Å². The second-order valence-corrected chi connectivity index (χ2v) is 6.15. The molecule has 1 N–H and O–H groups in total. The smallest absolute Gasteiger partial charge is 0.251 e. The van der Waals surface area contributed by atoms with Gasteiger partial charge in [-0.2, -0.15) is 0 Å². The molecule has 0 aliphatic carbocycles. The number of carbonyl (C=O) groups is 1. The molecule has 0 aliphatic heterocycles. The van der Waals surface area contributed by atoms with Crippen LogP contribution >= 0.6 is 12.6 Å². The maximum absolute atomic E-state index is 11.9. The zero-order valence-corrected chi connectivity index (χ0v) is 12.4. The van der Waals surface area contributed by atoms with Crippen molar-refractivity contribution in [3.63, 3.8) is 0 Å². The van der Waals surface area contributed by atoms with Crippen LogP contribution in [0.3, 0.4) is 0 Å². The van der Waals surface area contributed by atoms with E-state index in [1.54, 1.807) is 12.1 Å². The Balaban J connectivity index is 2.53. The van der Waals surface area contributed by atoms with Crippen LogP contribution in [0.1, 0.15) is 24.2 Å². The third kappa shape index (κ3) is 5.10. The van der Waals surface area contributed by atoms with E-state index in [1.807, 2.05) is 26.2 Å². The molecule has 0 aliphatic rings. The number of nitrogens with one attached hydrogen (secondary N) is 1. The first-order chi connectivity index (χ1) is 8.30. The van der Waals surface area contributed by atoms with Crippen molar-refractivity contribution in [2.45, 2.75) is 18.7 Å². The summed E-state index contributed by atoms with van der Waals surface area (Å²) >= 11 is 4.20. The molecule has 0 unspecified atom stereocenters. The molecule has 0 saturated carbocycles. The molecular weight excluding hydrogens is 244 g/mol. The Morgan fingerprint density at radius 2 is 1.83 bits per heavy atom. The van der Waals surface area contributed by atoms with Crippen molar-refractivity contribution in [1.29, 1.82) is 0 Å². The van der Waals surface area contributed by atoms with Crippen LogP contribution in [0.5, 0.6) is 0 Å². The Morgan fingerprint density at radius 3 is 2.33 bits per heavy atom. The van der Waals surface area contributed by atoms with Crippen LogP contribution < -0.4 is 5.32 Å². The number of nitrogens with zero attached hydrogens (tertiary/aromatic N) is 1. The first kappa shape index (κ1) is 15.1. The molecule has 18 heavy (non-hydrogen) atoms. The fourth-order valence-electron chi connectivity index (χ4n) is 1.95. The standard InChI is InChI=1S/C14H22N2OS/c1-14(2,10-16(3)4)9-15-13(17)11-5-7-12(18)8-6-11/h5-8,18H,9-10H2,1-4H3,(H,15,17). The van der Waals surface area contributed by atoms with E-state index in [0.29, 0.717) is 12.1 Å². The van der Waals surface area contributed by atoms with Gasteiger partial charge in [-0.3, -0.25) is 4.79 Å². The molecule has 0 bridgehead atoms. The number of hydrogen-bond donors (Lipinski definition) is 2. The van der Waals surface area contributed by atoms with E-state index in [-0.39, 0.29) is 11.3 Å². The quantitative estimate of drug-likeness (QED) is 0.802. The largest absolute Gasteiger partial charge is 0.351 e. The molecule has 0 radical (unpaired) electrons. The summed E-state index contributed by atoms with van der Waals surface area (Å²) in [4.78, 5) is 14.9. The van der Waals surface area contributed by atoms with Gasteiger partial charge in [-0.25, -0.2) is 0 Å². The lowest BCUT2D eigenvalue weighted by atomic mass is 9.93. The van der Waals surface area contributed by atoms with Gasteiger partial charge in [-0.05, 0) is 43.8 Å². The summed E-state index contributed by atoms with van der Waals surface area (Å²) in [6, 6.07) is 7.22. The highest BCUT2D eigenvalue weighted by molar-refractivity contribution is 7.80. The summed E-state index contributed by atoms with van der Waals surface area (Å²) in [6.07, 6.45) is 0. The van der Waals surface area contributed by atoms with Gasteiger partial charge in [-0.1, -0.05) is 13.8 Å². The summed E-state index contributed by atoms with van der Waals surface area (Å²) < 4.78 is 0. The first-order valence-corrected chi connectivity index (χ1v) is 6.47. The SMILES string of the molecule is CN(C)CC(C)(C)CNC(=O)c1ccc(S)cc1. The molecule has 1 rings (SSSR count). The highest BCUT2D eigenvalue weighted by Crippen LogP contribution is 2.14. The zero-order chi connectivity index (χ0) is 13.8. The van der Waals surface area contributed by atoms with E-state index >= 15 is 0 Å². The van der Waals surface area contributed by atoms with E-state index < -0.39 is 0 Å². The van der Waals surface area contributed by atoms with E-state index in [9.17, 15) is 4.79 Å². The fourth-order valence-corrected chi connectivity index (χ4v) is 2.10. The van der Waals surface area contributed by atoms with Crippen LogP contribution in [0.4, 0.5) is 0 Å². The number of rotatable bonds is 5. The van der Waals surface area contributed by atoms with Gasteiger partial charge >= 0.3 is 0 Å². The van der Waals surface area contributed by atoms with E-state index in [4.69, 9.17) is 0 Å². The lowest BCUT2D eigenvalue weighted by molar-refractivity contribution is 0.0929. The summed E-state index contributed by atoms with van der Waals surface area (Å²) in [5, 5.41) is 2.97. The summed E-state index contributed by atoms with van der Waals surface area (Å²) in [5.74, 6) is -0.0323. The lowest BCUT2D eigenvalue weighted by Crippen LogP contribution is -2.39. The molecule has 4 heteroatoms. The van der Waals surface area contributed by atoms with Crippen molar-refractivity contribution in [3.05, 3.63) is 29.8 Å². The minimum Gasteiger partial charge on any atom is -0.351 e. The van der Waals surface area contributed by atoms with Gasteiger partial charge in [0.25, 0.3) is 5.91 Å². The van der Waals surface area contributed by atoms with Gasteiger partial charge in [0.2, 0.25) is 0 Å². The molecule has 0 aromatic heterocycles. The van der Waals surface area contributed by atoms with Crippen LogP contribution in [0.25, 0.3) is 0 Å². The van der Waals surface area contributed by atoms with Crippen molar-refractivity contribution >= 4 is 18.5 Å². The average Bonchev–Trinajstić information content (AvgIpc) is 2.25. The maximum atomic E-state index is 11.9. The molecule has 3 nitrogen and oxygen atoms in total. The predicted molar refractivity (Wildman–Crippen MR) is 78.4 cm³/mol. The molecule has 1 aromatic rings. The van der Waals surface area contributed by atoms with Gasteiger partial charge in [0.05, 0.1) is 0 Å². The topological polar surface area (TPSA) is 32.3 Å². The van der Waals surface area contributed by atoms with Crippen molar-refractivity contribution in [3.8, 4) is 0 Å². The Bertz CT molecular complexity index is 399. The number of hydrogen-bond acceptors (Lipinski definition) is 3. The van der Waals surface area contributed by atoms with Gasteiger partial charge in [0.1, 0.15) is 0 Å². The first-order valence-electron chi connectivity index (χ1n) is 6.02. The number of amides is 1. The highest BCUT2D eigenvalue weighted by atomic mass is 32.1. The molecule has 1 amide bonds. The molecular formula is C14H22N2OS. The van der Waals surface area contributed by atoms with Gasteiger partial charge in [-0.15, -0.1) is 12.6 Å². The predicted octanol–water partition coefficient (Wildman–Crippen LogP) is 2.29. The lowest BCUT2D eigenvalue weighted by Gasteiger charge is -2.28. The minimum absolute atomic E-state index is 0.0323. The number of thiol groups is 1. The molecule has 0 heterocycles. The van der Waals surface area contributed by atoms with Crippen LogP contribution in [0, 0.1) is 5.41 Å². The Kier molecular flexibility index (Phi) is 5.23. The molecule has 1 aromatic carbocycles. The monoisotopic (exact) mass is 266 g/mol. The normalized spacial score (nSPS) is 11.7. The van der Waals surface area contributed by atoms with Crippen molar-refractivity contribution in [2.24, 2.45) is 5.41 Å². The van der Waals surface area contributed by atoms with Crippen molar-refractivity contribution < 1.29 is 4.79 Å². The second-order valence-electron chi connectivity index (χ2n) is 5.63. The van der Waals surface area contributed by atoms with E-state index in [1.165, 1.54) is 0 Å². The van der Waals surface area contributed by atoms with Crippen molar-refractivity contribution in [2.75, 3.05) is 27.2 Å². The molecule has 100 valence electrons. The van der Waals surface area contributed by atoms with Crippen molar-refractivity contribution in [1.82, 2.24) is 10.2 Å². The average molecular weight is 266 g/mol. The van der Waals surface area contributed by atoms with Crippen LogP contribution in [-0.2, 0) is 0 Å². The van der Waals surface area contributed by atoms with E-state index in [2.05, 4.69) is 36.7 Å². The van der Waals surface area contributed by atoms with Crippen LogP contribution in [0.15, 0.2) is 29.2 Å². The molecule has 0 fully saturated rings. The third-order valence-electron chi connectivity index (χ3n) is 2.60. The highest BCUT2D eigenvalue weighted by Gasteiger charge is 2.20. The summed E-state index contributed by atoms with van der Waals surface area (Å²) in [5.41, 5.74) is 0.733. The van der Waals surface area contributed by atoms with Gasteiger partial charge < -0.3 is 10.2 Å². The summed E-state index contributed by atoms with van der Waals surface area (Å²) in [7, 11) is 4.07. The van der Waals surface area contributed by atoms with Gasteiger partial charge in [0, 0.05) is 23.5 Å². The van der Waals surface area contributed by atoms with Crippen LogP contribution in [0.2, 0.25) is 0 Å². The Hall–Kier alpha value is -1.00. The minimum atomic E-state index is -0.0323. The molecule has 0 spiro atoms. The second kappa shape index (κ2) is 6.25. The fraction of sp³-hybridized carbons (Fsp3) is 0.500. The molecule has 0 saturated heterocycles. The number of carbonyl (C=O) groups excluding carboxylic acids is 1. The van der Waals surface area contributed by atoms with Gasteiger partial charge in [0.15, 0.2) is 0 Å². The summed E-state index contributed by atoms with van der Waals surface area (Å²) in [6.45, 7) is 5.88. The van der Waals surface area contributed by atoms with Crippen LogP contribution in [-0.4, -0.2) is 38.0 Å². The number of benzene rings is 1. The zero-order valence-electron chi connectivity index (χ0n) is 11.5. The third-order valence-corrected chi connectivity index (χ3v) is 2.90.